The first-order valence-corrected chi connectivity index (χ1v) is 8.44. The lowest BCUT2D eigenvalue weighted by molar-refractivity contribution is 0.448. The molecule has 4 heteroatoms. The van der Waals surface area contributed by atoms with Gasteiger partial charge in [-0.05, 0) is 49.9 Å². The van der Waals surface area contributed by atoms with Crippen LogP contribution in [0.15, 0.2) is 41.4 Å². The van der Waals surface area contributed by atoms with Crippen LogP contribution in [0.5, 0.6) is 11.6 Å². The summed E-state index contributed by atoms with van der Waals surface area (Å²) in [5.41, 5.74) is 2.24. The highest BCUT2D eigenvalue weighted by atomic mass is 32.2. The minimum absolute atomic E-state index is 0.677. The Morgan fingerprint density at radius 3 is 2.81 bits per heavy atom. The standard InChI is InChI=1S/C17H22N2OS/c1-4-9-18-11-14-10-13(2)17(19-12-14)20-15-7-5-6-8-16(15)21-3/h5-8,10,12,18H,4,9,11H2,1-3H3. The van der Waals surface area contributed by atoms with Gasteiger partial charge in [0.1, 0.15) is 5.75 Å². The van der Waals surface area contributed by atoms with Crippen LogP contribution in [-0.2, 0) is 6.54 Å². The molecule has 0 fully saturated rings. The number of ether oxygens (including phenoxy) is 1. The maximum Gasteiger partial charge on any atom is 0.222 e. The quantitative estimate of drug-likeness (QED) is 0.607. The Hall–Kier alpha value is -1.52. The molecule has 2 rings (SSSR count). The van der Waals surface area contributed by atoms with Gasteiger partial charge in [0, 0.05) is 23.2 Å². The van der Waals surface area contributed by atoms with Crippen molar-refractivity contribution in [1.29, 1.82) is 0 Å². The van der Waals surface area contributed by atoms with Crippen LogP contribution >= 0.6 is 11.8 Å². The molecule has 1 aromatic carbocycles. The van der Waals surface area contributed by atoms with E-state index in [2.05, 4.69) is 29.4 Å². The summed E-state index contributed by atoms with van der Waals surface area (Å²) in [5, 5.41) is 3.38. The Kier molecular flexibility index (Phi) is 6.08. The molecule has 1 heterocycles. The minimum atomic E-state index is 0.677. The van der Waals surface area contributed by atoms with E-state index in [9.17, 15) is 0 Å². The predicted molar refractivity (Wildman–Crippen MR) is 89.3 cm³/mol. The summed E-state index contributed by atoms with van der Waals surface area (Å²) < 4.78 is 5.96. The summed E-state index contributed by atoms with van der Waals surface area (Å²) in [5.74, 6) is 1.54. The Morgan fingerprint density at radius 2 is 2.10 bits per heavy atom. The van der Waals surface area contributed by atoms with Gasteiger partial charge in [0.2, 0.25) is 5.88 Å². The van der Waals surface area contributed by atoms with Gasteiger partial charge in [0.15, 0.2) is 0 Å². The second-order valence-corrected chi connectivity index (χ2v) is 5.74. The zero-order chi connectivity index (χ0) is 15.1. The molecule has 0 atom stereocenters. The predicted octanol–water partition coefficient (Wildman–Crippen LogP) is 4.40. The number of para-hydroxylation sites is 1. The molecule has 0 saturated heterocycles. The number of hydrogen-bond donors (Lipinski definition) is 1. The van der Waals surface area contributed by atoms with E-state index in [1.807, 2.05) is 37.6 Å². The number of nitrogens with one attached hydrogen (secondary N) is 1. The number of nitrogens with zero attached hydrogens (tertiary/aromatic N) is 1. The van der Waals surface area contributed by atoms with Crippen LogP contribution < -0.4 is 10.1 Å². The fourth-order valence-electron chi connectivity index (χ4n) is 2.04. The average molecular weight is 302 g/mol. The summed E-state index contributed by atoms with van der Waals surface area (Å²) in [7, 11) is 0. The molecule has 0 aliphatic carbocycles. The SMILES string of the molecule is CCCNCc1cnc(Oc2ccccc2SC)c(C)c1. The summed E-state index contributed by atoms with van der Waals surface area (Å²) in [6.07, 6.45) is 5.07. The number of pyridine rings is 1. The van der Waals surface area contributed by atoms with E-state index in [0.29, 0.717) is 5.88 Å². The lowest BCUT2D eigenvalue weighted by Gasteiger charge is -2.11. The summed E-state index contributed by atoms with van der Waals surface area (Å²) >= 11 is 1.67. The third-order valence-corrected chi connectivity index (χ3v) is 3.90. The van der Waals surface area contributed by atoms with Gasteiger partial charge in [-0.1, -0.05) is 19.1 Å². The van der Waals surface area contributed by atoms with Crippen molar-refractivity contribution in [2.45, 2.75) is 31.7 Å². The van der Waals surface area contributed by atoms with Gasteiger partial charge in [0.05, 0.1) is 0 Å². The van der Waals surface area contributed by atoms with Gasteiger partial charge in [-0.15, -0.1) is 11.8 Å². The first-order chi connectivity index (χ1) is 10.2. The first kappa shape index (κ1) is 15.9. The van der Waals surface area contributed by atoms with Crippen LogP contribution in [0.3, 0.4) is 0 Å². The van der Waals surface area contributed by atoms with Crippen LogP contribution in [0.4, 0.5) is 0 Å². The van der Waals surface area contributed by atoms with Crippen molar-refractivity contribution in [2.75, 3.05) is 12.8 Å². The molecule has 112 valence electrons. The molecule has 2 aromatic rings. The molecule has 0 radical (unpaired) electrons. The number of thioether (sulfide) groups is 1. The topological polar surface area (TPSA) is 34.2 Å². The third kappa shape index (κ3) is 4.48. The molecule has 0 spiro atoms. The van der Waals surface area contributed by atoms with Crippen molar-refractivity contribution < 1.29 is 4.74 Å². The van der Waals surface area contributed by atoms with Crippen LogP contribution in [0.25, 0.3) is 0 Å². The van der Waals surface area contributed by atoms with Crippen molar-refractivity contribution in [3.63, 3.8) is 0 Å². The molecule has 0 unspecified atom stereocenters. The molecule has 0 saturated carbocycles. The fraction of sp³-hybridized carbons (Fsp3) is 0.353. The molecule has 21 heavy (non-hydrogen) atoms. The number of aryl methyl sites for hydroxylation is 1. The maximum absolute atomic E-state index is 5.96. The number of rotatable bonds is 7. The third-order valence-electron chi connectivity index (χ3n) is 3.12. The first-order valence-electron chi connectivity index (χ1n) is 7.21. The Labute approximate surface area is 131 Å². The van der Waals surface area contributed by atoms with Crippen LogP contribution in [-0.4, -0.2) is 17.8 Å². The highest BCUT2D eigenvalue weighted by molar-refractivity contribution is 7.98. The number of hydrogen-bond acceptors (Lipinski definition) is 4. The minimum Gasteiger partial charge on any atom is -0.438 e. The van der Waals surface area contributed by atoms with Gasteiger partial charge in [-0.3, -0.25) is 0 Å². The van der Waals surface area contributed by atoms with Crippen LogP contribution in [0.1, 0.15) is 24.5 Å². The lowest BCUT2D eigenvalue weighted by Crippen LogP contribution is -2.14. The van der Waals surface area contributed by atoms with Gasteiger partial charge in [-0.2, -0.15) is 0 Å². The fourth-order valence-corrected chi connectivity index (χ4v) is 2.57. The summed E-state index contributed by atoms with van der Waals surface area (Å²) in [4.78, 5) is 5.57. The highest BCUT2D eigenvalue weighted by Gasteiger charge is 2.07. The highest BCUT2D eigenvalue weighted by Crippen LogP contribution is 2.31. The van der Waals surface area contributed by atoms with Gasteiger partial charge in [0.25, 0.3) is 0 Å². The van der Waals surface area contributed by atoms with E-state index in [1.54, 1.807) is 11.8 Å². The molecule has 0 amide bonds. The van der Waals surface area contributed by atoms with E-state index >= 15 is 0 Å². The van der Waals surface area contributed by atoms with E-state index in [1.165, 1.54) is 5.56 Å². The summed E-state index contributed by atoms with van der Waals surface area (Å²) in [6.45, 7) is 6.08. The molecule has 1 N–H and O–H groups in total. The normalized spacial score (nSPS) is 10.6. The van der Waals surface area contributed by atoms with Crippen LogP contribution in [0, 0.1) is 6.92 Å². The second-order valence-electron chi connectivity index (χ2n) is 4.90. The summed E-state index contributed by atoms with van der Waals surface area (Å²) in [6, 6.07) is 10.2. The van der Waals surface area contributed by atoms with Crippen molar-refractivity contribution in [3.8, 4) is 11.6 Å². The monoisotopic (exact) mass is 302 g/mol. The molecule has 3 nitrogen and oxygen atoms in total. The smallest absolute Gasteiger partial charge is 0.222 e. The Morgan fingerprint density at radius 1 is 1.29 bits per heavy atom. The van der Waals surface area contributed by atoms with E-state index in [4.69, 9.17) is 4.74 Å². The van der Waals surface area contributed by atoms with Crippen molar-refractivity contribution in [1.82, 2.24) is 10.3 Å². The molecule has 0 aliphatic heterocycles. The van der Waals surface area contributed by atoms with Crippen molar-refractivity contribution in [3.05, 3.63) is 47.7 Å². The van der Waals surface area contributed by atoms with Gasteiger partial charge >= 0.3 is 0 Å². The molecule has 0 bridgehead atoms. The lowest BCUT2D eigenvalue weighted by atomic mass is 10.2. The van der Waals surface area contributed by atoms with Gasteiger partial charge in [-0.25, -0.2) is 4.98 Å². The van der Waals surface area contributed by atoms with E-state index in [-0.39, 0.29) is 0 Å². The second kappa shape index (κ2) is 8.05. The molecule has 0 aliphatic rings. The van der Waals surface area contributed by atoms with Crippen LogP contribution in [0.2, 0.25) is 0 Å². The van der Waals surface area contributed by atoms with Crippen molar-refractivity contribution in [2.24, 2.45) is 0 Å². The maximum atomic E-state index is 5.96. The van der Waals surface area contributed by atoms with Gasteiger partial charge < -0.3 is 10.1 Å². The Balaban J connectivity index is 2.10. The largest absolute Gasteiger partial charge is 0.438 e. The van der Waals surface area contributed by atoms with Crippen molar-refractivity contribution >= 4 is 11.8 Å². The number of aromatic nitrogens is 1. The molecular formula is C17H22N2OS. The number of benzene rings is 1. The average Bonchev–Trinajstić information content (AvgIpc) is 2.50. The zero-order valence-corrected chi connectivity index (χ0v) is 13.7. The van der Waals surface area contributed by atoms with E-state index in [0.717, 1.165) is 35.7 Å². The van der Waals surface area contributed by atoms with E-state index < -0.39 is 0 Å². The molecule has 1 aromatic heterocycles. The molecular weight excluding hydrogens is 280 g/mol. The zero-order valence-electron chi connectivity index (χ0n) is 12.8. The Bertz CT molecular complexity index is 587.